The number of methoxy groups -OCH3 is 1. The van der Waals surface area contributed by atoms with Crippen molar-refractivity contribution in [2.45, 2.75) is 64.5 Å². The van der Waals surface area contributed by atoms with E-state index in [1.54, 1.807) is 0 Å². The maximum Gasteiger partial charge on any atom is 0.328 e. The van der Waals surface area contributed by atoms with E-state index in [9.17, 15) is 4.79 Å². The van der Waals surface area contributed by atoms with Crippen LogP contribution in [-0.4, -0.2) is 24.7 Å². The van der Waals surface area contributed by atoms with E-state index in [2.05, 4.69) is 56.9 Å². The van der Waals surface area contributed by atoms with Gasteiger partial charge in [0.25, 0.3) is 0 Å². The number of fused-ring (bicyclic) bond motifs is 1. The fourth-order valence-corrected chi connectivity index (χ4v) is 3.76. The predicted octanol–water partition coefficient (Wildman–Crippen LogP) is 4.12. The zero-order chi connectivity index (χ0) is 15.6. The zero-order valence-electron chi connectivity index (χ0n) is 13.8. The Morgan fingerprint density at radius 2 is 2.10 bits per heavy atom. The first-order chi connectivity index (χ1) is 9.92. The summed E-state index contributed by atoms with van der Waals surface area (Å²) in [5, 5.41) is 0. The van der Waals surface area contributed by atoms with E-state index in [0.717, 1.165) is 19.3 Å². The number of anilines is 1. The van der Waals surface area contributed by atoms with Crippen molar-refractivity contribution in [1.82, 2.24) is 0 Å². The van der Waals surface area contributed by atoms with Crippen molar-refractivity contribution in [2.24, 2.45) is 0 Å². The number of hydrogen-bond acceptors (Lipinski definition) is 3. The van der Waals surface area contributed by atoms with Crippen molar-refractivity contribution in [3.8, 4) is 0 Å². The molecule has 1 aliphatic heterocycles. The first kappa shape index (κ1) is 15.9. The van der Waals surface area contributed by atoms with Crippen molar-refractivity contribution in [1.29, 1.82) is 0 Å². The Morgan fingerprint density at radius 1 is 1.43 bits per heavy atom. The number of carbonyl (C=O) groups is 1. The van der Waals surface area contributed by atoms with Gasteiger partial charge in [-0.05, 0) is 44.2 Å². The minimum Gasteiger partial charge on any atom is -0.467 e. The molecule has 1 aromatic rings. The molecule has 0 fully saturated rings. The molecule has 1 aromatic carbocycles. The monoisotopic (exact) mass is 289 g/mol. The lowest BCUT2D eigenvalue weighted by Gasteiger charge is -2.50. The fraction of sp³-hybridized carbons (Fsp3) is 0.611. The van der Waals surface area contributed by atoms with Gasteiger partial charge in [-0.1, -0.05) is 38.5 Å². The average molecular weight is 289 g/mol. The molecule has 0 bridgehead atoms. The van der Waals surface area contributed by atoms with Crippen LogP contribution >= 0.6 is 0 Å². The Bertz CT molecular complexity index is 510. The molecule has 0 N–H and O–H groups in total. The number of esters is 1. The molecule has 1 heterocycles. The molecule has 1 aliphatic rings. The van der Waals surface area contributed by atoms with E-state index in [1.165, 1.54) is 18.4 Å². The average Bonchev–Trinajstić information content (AvgIpc) is 2.44. The van der Waals surface area contributed by atoms with Gasteiger partial charge in [0.15, 0.2) is 0 Å². The highest BCUT2D eigenvalue weighted by molar-refractivity contribution is 5.81. The molecule has 0 radical (unpaired) electrons. The number of benzene rings is 1. The smallest absolute Gasteiger partial charge is 0.328 e. The molecule has 0 amide bonds. The molecule has 116 valence electrons. The van der Waals surface area contributed by atoms with Gasteiger partial charge in [0.05, 0.1) is 7.11 Å². The van der Waals surface area contributed by atoms with E-state index in [1.807, 2.05) is 0 Å². The molecule has 2 atom stereocenters. The van der Waals surface area contributed by atoms with Crippen LogP contribution in [0, 0.1) is 0 Å². The second kappa shape index (κ2) is 6.08. The normalized spacial score (nSPS) is 21.6. The largest absolute Gasteiger partial charge is 0.467 e. The number of ether oxygens (including phenoxy) is 1. The van der Waals surface area contributed by atoms with E-state index in [-0.39, 0.29) is 17.6 Å². The standard InChI is InChI=1S/C18H27NO2/c1-6-9-16(17(20)21-5)19-15-11-8-7-10-14(15)13(2)12-18(19,3)4/h7-8,10-11,13,16H,6,9,12H2,1-5H3/t13-,16-/m1/s1. The number of para-hydroxylation sites is 1. The second-order valence-electron chi connectivity index (χ2n) is 6.67. The molecule has 0 spiro atoms. The minimum absolute atomic E-state index is 0.0538. The van der Waals surface area contributed by atoms with Crippen LogP contribution in [0.25, 0.3) is 0 Å². The van der Waals surface area contributed by atoms with Crippen molar-refractivity contribution in [2.75, 3.05) is 12.0 Å². The van der Waals surface area contributed by atoms with Crippen molar-refractivity contribution in [3.63, 3.8) is 0 Å². The molecule has 0 aliphatic carbocycles. The van der Waals surface area contributed by atoms with Crippen molar-refractivity contribution >= 4 is 11.7 Å². The lowest BCUT2D eigenvalue weighted by Crippen LogP contribution is -2.56. The van der Waals surface area contributed by atoms with Gasteiger partial charge in [-0.25, -0.2) is 4.79 Å². The van der Waals surface area contributed by atoms with Crippen molar-refractivity contribution < 1.29 is 9.53 Å². The first-order valence-corrected chi connectivity index (χ1v) is 7.88. The third-order valence-corrected chi connectivity index (χ3v) is 4.53. The predicted molar refractivity (Wildman–Crippen MR) is 86.7 cm³/mol. The maximum atomic E-state index is 12.3. The number of nitrogens with zero attached hydrogens (tertiary/aromatic N) is 1. The number of rotatable bonds is 4. The van der Waals surface area contributed by atoms with Gasteiger partial charge in [0.2, 0.25) is 0 Å². The van der Waals surface area contributed by atoms with Crippen LogP contribution in [0.3, 0.4) is 0 Å². The lowest BCUT2D eigenvalue weighted by molar-refractivity contribution is -0.142. The third kappa shape index (κ3) is 2.92. The first-order valence-electron chi connectivity index (χ1n) is 7.88. The van der Waals surface area contributed by atoms with Crippen LogP contribution in [0.1, 0.15) is 58.4 Å². The molecule has 3 nitrogen and oxygen atoms in total. The SMILES string of the molecule is CCC[C@H](C(=O)OC)N1c2ccccc2[C@H](C)CC1(C)C. The number of hydrogen-bond donors (Lipinski definition) is 0. The molecule has 0 unspecified atom stereocenters. The fourth-order valence-electron chi connectivity index (χ4n) is 3.76. The van der Waals surface area contributed by atoms with E-state index in [4.69, 9.17) is 4.74 Å². The molecule has 0 aromatic heterocycles. The summed E-state index contributed by atoms with van der Waals surface area (Å²) in [7, 11) is 1.48. The molecule has 21 heavy (non-hydrogen) atoms. The number of carbonyl (C=O) groups excluding carboxylic acids is 1. The van der Waals surface area contributed by atoms with Crippen LogP contribution < -0.4 is 4.90 Å². The zero-order valence-corrected chi connectivity index (χ0v) is 13.8. The summed E-state index contributed by atoms with van der Waals surface area (Å²) in [4.78, 5) is 14.6. The third-order valence-electron chi connectivity index (χ3n) is 4.53. The van der Waals surface area contributed by atoms with Crippen LogP contribution in [-0.2, 0) is 9.53 Å². The topological polar surface area (TPSA) is 29.5 Å². The summed E-state index contributed by atoms with van der Waals surface area (Å²) >= 11 is 0. The highest BCUT2D eigenvalue weighted by Gasteiger charge is 2.42. The Morgan fingerprint density at radius 3 is 2.71 bits per heavy atom. The van der Waals surface area contributed by atoms with Gasteiger partial charge >= 0.3 is 5.97 Å². The molecule has 2 rings (SSSR count). The summed E-state index contributed by atoms with van der Waals surface area (Å²) in [6.07, 6.45) is 2.82. The summed E-state index contributed by atoms with van der Waals surface area (Å²) in [6, 6.07) is 8.25. The summed E-state index contributed by atoms with van der Waals surface area (Å²) in [6.45, 7) is 8.84. The quantitative estimate of drug-likeness (QED) is 0.781. The van der Waals surface area contributed by atoms with E-state index < -0.39 is 0 Å². The van der Waals surface area contributed by atoms with E-state index >= 15 is 0 Å². The molecule has 3 heteroatoms. The van der Waals surface area contributed by atoms with Gasteiger partial charge in [0, 0.05) is 11.2 Å². The Hall–Kier alpha value is -1.51. The summed E-state index contributed by atoms with van der Waals surface area (Å²) in [5.41, 5.74) is 2.47. The Labute approximate surface area is 128 Å². The minimum atomic E-state index is -0.205. The summed E-state index contributed by atoms with van der Waals surface area (Å²) in [5.74, 6) is 0.377. The van der Waals surface area contributed by atoms with Gasteiger partial charge in [-0.3, -0.25) is 0 Å². The van der Waals surface area contributed by atoms with Crippen LogP contribution in [0.15, 0.2) is 24.3 Å². The van der Waals surface area contributed by atoms with Gasteiger partial charge in [-0.15, -0.1) is 0 Å². The highest BCUT2D eigenvalue weighted by Crippen LogP contribution is 2.44. The second-order valence-corrected chi connectivity index (χ2v) is 6.67. The Kier molecular flexibility index (Phi) is 4.60. The van der Waals surface area contributed by atoms with Crippen molar-refractivity contribution in [3.05, 3.63) is 29.8 Å². The van der Waals surface area contributed by atoms with Gasteiger partial charge in [0.1, 0.15) is 6.04 Å². The molecular weight excluding hydrogens is 262 g/mol. The van der Waals surface area contributed by atoms with Gasteiger partial charge in [-0.2, -0.15) is 0 Å². The molecule has 0 saturated carbocycles. The van der Waals surface area contributed by atoms with Crippen LogP contribution in [0.4, 0.5) is 5.69 Å². The lowest BCUT2D eigenvalue weighted by atomic mass is 9.79. The highest BCUT2D eigenvalue weighted by atomic mass is 16.5. The molecule has 0 saturated heterocycles. The van der Waals surface area contributed by atoms with Crippen LogP contribution in [0.2, 0.25) is 0 Å². The summed E-state index contributed by atoms with van der Waals surface area (Å²) < 4.78 is 5.07. The molecular formula is C18H27NO2. The Balaban J connectivity index is 2.52. The maximum absolute atomic E-state index is 12.3. The van der Waals surface area contributed by atoms with E-state index in [0.29, 0.717) is 5.92 Å². The van der Waals surface area contributed by atoms with Crippen LogP contribution in [0.5, 0.6) is 0 Å². The van der Waals surface area contributed by atoms with Gasteiger partial charge < -0.3 is 9.64 Å².